The largest absolute Gasteiger partial charge is 0.383 e. The maximum Gasteiger partial charge on any atom is 0.321 e. The first-order valence-electron chi connectivity index (χ1n) is 7.64. The average molecular weight is 327 g/mol. The predicted molar refractivity (Wildman–Crippen MR) is 93.4 cm³/mol. The zero-order valence-corrected chi connectivity index (χ0v) is 13.6. The van der Waals surface area contributed by atoms with Crippen LogP contribution in [0.15, 0.2) is 24.3 Å². The summed E-state index contributed by atoms with van der Waals surface area (Å²) in [6.45, 7) is 0.966. The summed E-state index contributed by atoms with van der Waals surface area (Å²) >= 11 is 1.52. The highest BCUT2D eigenvalue weighted by atomic mass is 32.1. The molecule has 4 rings (SSSR count). The van der Waals surface area contributed by atoms with Crippen molar-refractivity contribution >= 4 is 43.5 Å². The van der Waals surface area contributed by atoms with Gasteiger partial charge in [-0.2, -0.15) is 0 Å². The molecule has 0 spiro atoms. The van der Waals surface area contributed by atoms with E-state index in [0.29, 0.717) is 18.3 Å². The van der Waals surface area contributed by atoms with E-state index in [1.807, 2.05) is 0 Å². The minimum atomic E-state index is -0.251. The van der Waals surface area contributed by atoms with Gasteiger partial charge in [-0.15, -0.1) is 0 Å². The molecule has 0 unspecified atom stereocenters. The molecule has 118 valence electrons. The second-order valence-corrected chi connectivity index (χ2v) is 6.65. The van der Waals surface area contributed by atoms with Crippen molar-refractivity contribution in [3.05, 3.63) is 35.4 Å². The molecule has 0 saturated carbocycles. The average Bonchev–Trinajstić information content (AvgIpc) is 3.13. The van der Waals surface area contributed by atoms with Gasteiger partial charge in [-0.3, -0.25) is 5.32 Å². The van der Waals surface area contributed by atoms with Gasteiger partial charge >= 0.3 is 6.03 Å². The first-order valence-corrected chi connectivity index (χ1v) is 8.46. The minimum absolute atomic E-state index is 0.251. The summed E-state index contributed by atoms with van der Waals surface area (Å²) in [4.78, 5) is 16.5. The molecule has 0 atom stereocenters. The van der Waals surface area contributed by atoms with Crippen LogP contribution in [-0.2, 0) is 17.6 Å². The van der Waals surface area contributed by atoms with Crippen LogP contribution in [0.2, 0.25) is 0 Å². The van der Waals surface area contributed by atoms with Gasteiger partial charge in [-0.05, 0) is 35.4 Å². The van der Waals surface area contributed by atoms with Gasteiger partial charge in [0.05, 0.1) is 16.8 Å². The van der Waals surface area contributed by atoms with Gasteiger partial charge in [-0.1, -0.05) is 29.5 Å². The van der Waals surface area contributed by atoms with Crippen molar-refractivity contribution < 1.29 is 9.53 Å². The van der Waals surface area contributed by atoms with Gasteiger partial charge in [0, 0.05) is 19.0 Å². The van der Waals surface area contributed by atoms with Crippen molar-refractivity contribution in [3.63, 3.8) is 0 Å². The number of aryl methyl sites for hydroxylation is 2. The molecule has 1 aliphatic carbocycles. The number of urea groups is 1. The number of carbonyl (C=O) groups excluding carboxylic acids is 1. The second-order valence-electron chi connectivity index (χ2n) is 5.61. The van der Waals surface area contributed by atoms with Crippen LogP contribution in [0.1, 0.15) is 11.1 Å². The molecule has 0 aliphatic heterocycles. The van der Waals surface area contributed by atoms with Crippen LogP contribution < -0.4 is 10.6 Å². The maximum atomic E-state index is 11.8. The number of thiazole rings is 1. The lowest BCUT2D eigenvalue weighted by atomic mass is 10.0. The van der Waals surface area contributed by atoms with Crippen molar-refractivity contribution in [3.8, 4) is 0 Å². The Labute approximate surface area is 137 Å². The molecule has 3 aromatic rings. The molecular weight excluding hydrogens is 310 g/mol. The van der Waals surface area contributed by atoms with Gasteiger partial charge in [0.15, 0.2) is 5.13 Å². The van der Waals surface area contributed by atoms with Crippen molar-refractivity contribution in [2.75, 3.05) is 25.6 Å². The molecule has 23 heavy (non-hydrogen) atoms. The molecular formula is C17H17N3O2S. The number of rotatable bonds is 4. The Kier molecular flexibility index (Phi) is 3.63. The molecule has 2 N–H and O–H groups in total. The lowest BCUT2D eigenvalue weighted by Gasteiger charge is -2.03. The summed E-state index contributed by atoms with van der Waals surface area (Å²) in [5.41, 5.74) is 3.77. The maximum absolute atomic E-state index is 11.8. The van der Waals surface area contributed by atoms with Gasteiger partial charge in [0.1, 0.15) is 0 Å². The zero-order valence-electron chi connectivity index (χ0n) is 12.8. The highest BCUT2D eigenvalue weighted by Gasteiger charge is 2.18. The number of hydrogen-bond acceptors (Lipinski definition) is 4. The topological polar surface area (TPSA) is 63.2 Å². The summed E-state index contributed by atoms with van der Waals surface area (Å²) in [7, 11) is 1.61. The lowest BCUT2D eigenvalue weighted by Crippen LogP contribution is -2.31. The summed E-state index contributed by atoms with van der Waals surface area (Å²) in [6, 6.07) is 8.38. The highest BCUT2D eigenvalue weighted by molar-refractivity contribution is 7.22. The molecule has 1 aromatic heterocycles. The van der Waals surface area contributed by atoms with Crippen molar-refractivity contribution in [2.24, 2.45) is 0 Å². The van der Waals surface area contributed by atoms with E-state index in [1.165, 1.54) is 33.2 Å². The number of ether oxygens (including phenoxy) is 1. The fourth-order valence-electron chi connectivity index (χ4n) is 3.17. The molecule has 6 heteroatoms. The van der Waals surface area contributed by atoms with Crippen molar-refractivity contribution in [2.45, 2.75) is 12.8 Å². The lowest BCUT2D eigenvalue weighted by molar-refractivity contribution is 0.198. The minimum Gasteiger partial charge on any atom is -0.383 e. The van der Waals surface area contributed by atoms with E-state index < -0.39 is 0 Å². The number of anilines is 1. The van der Waals surface area contributed by atoms with E-state index in [4.69, 9.17) is 4.74 Å². The number of fused-ring (bicyclic) bond motifs is 2. The number of amides is 2. The highest BCUT2D eigenvalue weighted by Crippen LogP contribution is 2.38. The van der Waals surface area contributed by atoms with Crippen LogP contribution in [0.25, 0.3) is 21.0 Å². The van der Waals surface area contributed by atoms with E-state index in [-0.39, 0.29) is 6.03 Å². The number of hydrogen-bond donors (Lipinski definition) is 2. The Hall–Kier alpha value is -2.18. The number of benzene rings is 2. The van der Waals surface area contributed by atoms with Gasteiger partial charge in [-0.25, -0.2) is 9.78 Å². The van der Waals surface area contributed by atoms with Crippen LogP contribution in [0.4, 0.5) is 9.93 Å². The third-order valence-corrected chi connectivity index (χ3v) is 5.08. The fraction of sp³-hybridized carbons (Fsp3) is 0.294. The third-order valence-electron chi connectivity index (χ3n) is 4.16. The molecule has 1 heterocycles. The number of aromatic nitrogens is 1. The van der Waals surface area contributed by atoms with Gasteiger partial charge < -0.3 is 10.1 Å². The summed E-state index contributed by atoms with van der Waals surface area (Å²) in [5, 5.41) is 8.71. The number of methoxy groups -OCH3 is 1. The Morgan fingerprint density at radius 3 is 3.09 bits per heavy atom. The molecule has 0 radical (unpaired) electrons. The number of carbonyl (C=O) groups is 1. The molecule has 0 fully saturated rings. The fourth-order valence-corrected chi connectivity index (χ4v) is 4.11. The van der Waals surface area contributed by atoms with Gasteiger partial charge in [0.25, 0.3) is 0 Å². The normalized spacial score (nSPS) is 12.9. The van der Waals surface area contributed by atoms with E-state index in [2.05, 4.69) is 39.9 Å². The summed E-state index contributed by atoms with van der Waals surface area (Å²) in [6.07, 6.45) is 2.20. The van der Waals surface area contributed by atoms with Crippen molar-refractivity contribution in [1.29, 1.82) is 0 Å². The predicted octanol–water partition coefficient (Wildman–Crippen LogP) is 3.32. The second kappa shape index (κ2) is 5.79. The van der Waals surface area contributed by atoms with Crippen LogP contribution >= 0.6 is 11.3 Å². The summed E-state index contributed by atoms with van der Waals surface area (Å²) < 4.78 is 6.04. The smallest absolute Gasteiger partial charge is 0.321 e. The monoisotopic (exact) mass is 327 g/mol. The molecule has 1 aliphatic rings. The molecule has 0 saturated heterocycles. The zero-order chi connectivity index (χ0) is 15.8. The van der Waals surface area contributed by atoms with Crippen LogP contribution in [-0.4, -0.2) is 31.3 Å². The summed E-state index contributed by atoms with van der Waals surface area (Å²) in [5.74, 6) is 0. The number of nitrogens with zero attached hydrogens (tertiary/aromatic N) is 1. The third kappa shape index (κ3) is 2.54. The van der Waals surface area contributed by atoms with E-state index in [9.17, 15) is 4.79 Å². The van der Waals surface area contributed by atoms with E-state index >= 15 is 0 Å². The Morgan fingerprint density at radius 2 is 2.22 bits per heavy atom. The van der Waals surface area contributed by atoms with E-state index in [0.717, 1.165) is 23.1 Å². The molecule has 2 amide bonds. The standard InChI is InChI=1S/C17H17N3O2S/c1-22-8-7-18-16(21)20-17-19-15-12-4-2-3-10-5-6-11(14(10)12)9-13(15)23-17/h2-4,9H,5-8H2,1H3,(H2,18,19,20,21). The molecule has 2 aromatic carbocycles. The Balaban J connectivity index is 1.68. The number of nitrogens with one attached hydrogen (secondary N) is 2. The molecule has 5 nitrogen and oxygen atoms in total. The van der Waals surface area contributed by atoms with Crippen LogP contribution in [0.5, 0.6) is 0 Å². The SMILES string of the molecule is COCCNC(=O)Nc1nc2c(cc3c4c(cccc42)CC3)s1. The van der Waals surface area contributed by atoms with Gasteiger partial charge in [0.2, 0.25) is 0 Å². The quantitative estimate of drug-likeness (QED) is 0.723. The van der Waals surface area contributed by atoms with Crippen LogP contribution in [0, 0.1) is 0 Å². The Bertz CT molecular complexity index is 904. The molecule has 0 bridgehead atoms. The first kappa shape index (κ1) is 14.4. The van der Waals surface area contributed by atoms with Crippen LogP contribution in [0.3, 0.4) is 0 Å². The first-order chi connectivity index (χ1) is 11.3. The van der Waals surface area contributed by atoms with E-state index in [1.54, 1.807) is 7.11 Å². The Morgan fingerprint density at radius 1 is 1.35 bits per heavy atom. The van der Waals surface area contributed by atoms with Crippen molar-refractivity contribution in [1.82, 2.24) is 10.3 Å².